The predicted octanol–water partition coefficient (Wildman–Crippen LogP) is 2.77. The largest absolute Gasteiger partial charge is 0.444 e. The summed E-state index contributed by atoms with van der Waals surface area (Å²) in [6.45, 7) is 6.98. The Morgan fingerprint density at radius 1 is 1.33 bits per heavy atom. The molecule has 1 N–H and O–H groups in total. The number of rotatable bonds is 2. The number of alkyl carbamates (subject to hydrolysis) is 1. The maximum atomic E-state index is 11.9. The fourth-order valence-corrected chi connectivity index (χ4v) is 1.77. The van der Waals surface area contributed by atoms with Gasteiger partial charge in [0.1, 0.15) is 11.6 Å². The van der Waals surface area contributed by atoms with E-state index in [4.69, 9.17) is 9.15 Å². The van der Waals surface area contributed by atoms with Crippen LogP contribution >= 0.6 is 0 Å². The van der Waals surface area contributed by atoms with Crippen LogP contribution in [0.3, 0.4) is 0 Å². The van der Waals surface area contributed by atoms with Gasteiger partial charge < -0.3 is 14.5 Å². The first-order valence-corrected chi connectivity index (χ1v) is 6.65. The second-order valence-electron chi connectivity index (χ2n) is 5.72. The van der Waals surface area contributed by atoms with Crippen LogP contribution in [-0.2, 0) is 4.74 Å². The zero-order valence-corrected chi connectivity index (χ0v) is 12.5. The van der Waals surface area contributed by atoms with Crippen molar-refractivity contribution in [2.75, 3.05) is 0 Å². The van der Waals surface area contributed by atoms with Crippen LogP contribution in [0, 0.1) is 0 Å². The normalized spacial score (nSPS) is 13.0. The Bertz CT molecular complexity index is 715. The zero-order valence-electron chi connectivity index (χ0n) is 12.5. The quantitative estimate of drug-likeness (QED) is 0.919. The molecule has 0 bridgehead atoms. The van der Waals surface area contributed by atoms with E-state index in [0.29, 0.717) is 10.9 Å². The molecule has 0 unspecified atom stereocenters. The highest BCUT2D eigenvalue weighted by Crippen LogP contribution is 2.14. The van der Waals surface area contributed by atoms with Gasteiger partial charge in [0.15, 0.2) is 0 Å². The number of amides is 1. The van der Waals surface area contributed by atoms with Gasteiger partial charge in [-0.2, -0.15) is 0 Å². The number of fused-ring (bicyclic) bond motifs is 1. The molecule has 1 aromatic heterocycles. The number of hydrogen-bond acceptors (Lipinski definition) is 5. The average Bonchev–Trinajstić information content (AvgIpc) is 2.36. The summed E-state index contributed by atoms with van der Waals surface area (Å²) in [5.74, 6) is 0.143. The van der Waals surface area contributed by atoms with E-state index in [1.165, 1.54) is 0 Å². The highest BCUT2D eigenvalue weighted by Gasteiger charge is 2.20. The maximum Gasteiger partial charge on any atom is 0.408 e. The first-order valence-electron chi connectivity index (χ1n) is 6.65. The Morgan fingerprint density at radius 2 is 2.00 bits per heavy atom. The standard InChI is InChI=1S/C15H18N2O4/c1-9(16-14(19)21-15(2,3)4)12-17-11-8-6-5-7-10(11)13(18)20-12/h5-9H,1-4H3,(H,16,19)/t9-/m1/s1. The fraction of sp³-hybridized carbons (Fsp3) is 0.400. The van der Waals surface area contributed by atoms with Crippen molar-refractivity contribution in [3.63, 3.8) is 0 Å². The lowest BCUT2D eigenvalue weighted by Crippen LogP contribution is -2.34. The molecule has 0 aliphatic carbocycles. The average molecular weight is 290 g/mol. The molecular formula is C15H18N2O4. The van der Waals surface area contributed by atoms with Crippen LogP contribution < -0.4 is 10.9 Å². The summed E-state index contributed by atoms with van der Waals surface area (Å²) in [4.78, 5) is 27.8. The number of carbonyl (C=O) groups is 1. The van der Waals surface area contributed by atoms with Gasteiger partial charge in [-0.3, -0.25) is 0 Å². The first-order chi connectivity index (χ1) is 9.76. The monoisotopic (exact) mass is 290 g/mol. The third kappa shape index (κ3) is 3.81. The number of benzene rings is 1. The van der Waals surface area contributed by atoms with Gasteiger partial charge in [0.05, 0.1) is 10.9 Å². The van der Waals surface area contributed by atoms with E-state index < -0.39 is 23.4 Å². The van der Waals surface area contributed by atoms with Gasteiger partial charge >= 0.3 is 11.7 Å². The molecule has 0 saturated carbocycles. The van der Waals surface area contributed by atoms with Crippen molar-refractivity contribution in [1.82, 2.24) is 10.3 Å². The van der Waals surface area contributed by atoms with Crippen LogP contribution in [0.5, 0.6) is 0 Å². The second kappa shape index (κ2) is 5.55. The highest BCUT2D eigenvalue weighted by atomic mass is 16.6. The molecule has 6 nitrogen and oxygen atoms in total. The van der Waals surface area contributed by atoms with Crippen molar-refractivity contribution < 1.29 is 13.9 Å². The molecule has 112 valence electrons. The van der Waals surface area contributed by atoms with Crippen molar-refractivity contribution >= 4 is 17.0 Å². The number of aromatic nitrogens is 1. The Kier molecular flexibility index (Phi) is 3.97. The van der Waals surface area contributed by atoms with Crippen molar-refractivity contribution in [3.05, 3.63) is 40.6 Å². The lowest BCUT2D eigenvalue weighted by atomic mass is 10.2. The molecule has 2 rings (SSSR count). The summed E-state index contributed by atoms with van der Waals surface area (Å²) in [6.07, 6.45) is -0.590. The van der Waals surface area contributed by atoms with Crippen molar-refractivity contribution in [3.8, 4) is 0 Å². The predicted molar refractivity (Wildman–Crippen MR) is 78.1 cm³/mol. The molecule has 1 amide bonds. The van der Waals surface area contributed by atoms with Gasteiger partial charge in [-0.25, -0.2) is 14.6 Å². The summed E-state index contributed by atoms with van der Waals surface area (Å²) < 4.78 is 10.3. The van der Waals surface area contributed by atoms with Gasteiger partial charge in [0, 0.05) is 0 Å². The van der Waals surface area contributed by atoms with E-state index in [9.17, 15) is 9.59 Å². The molecule has 0 fully saturated rings. The van der Waals surface area contributed by atoms with E-state index in [1.54, 1.807) is 52.0 Å². The second-order valence-corrected chi connectivity index (χ2v) is 5.72. The van der Waals surface area contributed by atoms with E-state index in [0.717, 1.165) is 0 Å². The number of nitrogens with one attached hydrogen (secondary N) is 1. The number of hydrogen-bond donors (Lipinski definition) is 1. The van der Waals surface area contributed by atoms with Crippen LogP contribution in [0.15, 0.2) is 33.5 Å². The Morgan fingerprint density at radius 3 is 2.67 bits per heavy atom. The minimum absolute atomic E-state index is 0.143. The first kappa shape index (κ1) is 15.0. The summed E-state index contributed by atoms with van der Waals surface area (Å²) in [5.41, 5.74) is -0.545. The van der Waals surface area contributed by atoms with E-state index in [1.807, 2.05) is 0 Å². The van der Waals surface area contributed by atoms with Crippen molar-refractivity contribution in [2.45, 2.75) is 39.3 Å². The zero-order chi connectivity index (χ0) is 15.6. The molecule has 0 spiro atoms. The smallest absolute Gasteiger partial charge is 0.408 e. The van der Waals surface area contributed by atoms with Crippen LogP contribution in [0.4, 0.5) is 4.79 Å². The van der Waals surface area contributed by atoms with Gasteiger partial charge in [0.25, 0.3) is 0 Å². The van der Waals surface area contributed by atoms with Gasteiger partial charge in [0.2, 0.25) is 5.89 Å². The lowest BCUT2D eigenvalue weighted by Gasteiger charge is -2.21. The maximum absolute atomic E-state index is 11.9. The SMILES string of the molecule is C[C@@H](NC(=O)OC(C)(C)C)c1nc2ccccc2c(=O)o1. The summed E-state index contributed by atoms with van der Waals surface area (Å²) in [7, 11) is 0. The van der Waals surface area contributed by atoms with Crippen molar-refractivity contribution in [1.29, 1.82) is 0 Å². The van der Waals surface area contributed by atoms with E-state index >= 15 is 0 Å². The number of para-hydroxylation sites is 1. The van der Waals surface area contributed by atoms with E-state index in [2.05, 4.69) is 10.3 Å². The van der Waals surface area contributed by atoms with Gasteiger partial charge in [-0.1, -0.05) is 12.1 Å². The van der Waals surface area contributed by atoms with Crippen LogP contribution in [0.2, 0.25) is 0 Å². The van der Waals surface area contributed by atoms with Crippen LogP contribution in [0.1, 0.15) is 39.6 Å². The molecule has 0 saturated heterocycles. The Labute approximate surface area is 122 Å². The minimum atomic E-state index is -0.596. The molecule has 6 heteroatoms. The molecular weight excluding hydrogens is 272 g/mol. The molecule has 0 aliphatic heterocycles. The minimum Gasteiger partial charge on any atom is -0.444 e. The number of ether oxygens (including phenoxy) is 1. The molecule has 0 aliphatic rings. The Hall–Kier alpha value is -2.37. The lowest BCUT2D eigenvalue weighted by molar-refractivity contribution is 0.0499. The topological polar surface area (TPSA) is 81.4 Å². The number of carbonyl (C=O) groups excluding carboxylic acids is 1. The third-order valence-electron chi connectivity index (χ3n) is 2.66. The summed E-state index contributed by atoms with van der Waals surface area (Å²) in [6, 6.07) is 6.31. The molecule has 1 aromatic carbocycles. The molecule has 1 atom stereocenters. The third-order valence-corrected chi connectivity index (χ3v) is 2.66. The summed E-state index contributed by atoms with van der Waals surface area (Å²) in [5, 5.41) is 3.00. The Balaban J connectivity index is 2.22. The fourth-order valence-electron chi connectivity index (χ4n) is 1.77. The molecule has 0 radical (unpaired) electrons. The van der Waals surface area contributed by atoms with Gasteiger partial charge in [-0.05, 0) is 39.8 Å². The van der Waals surface area contributed by atoms with Crippen LogP contribution in [-0.4, -0.2) is 16.7 Å². The molecule has 1 heterocycles. The molecule has 2 aromatic rings. The van der Waals surface area contributed by atoms with E-state index in [-0.39, 0.29) is 5.89 Å². The highest BCUT2D eigenvalue weighted by molar-refractivity contribution is 5.76. The van der Waals surface area contributed by atoms with Crippen LogP contribution in [0.25, 0.3) is 10.9 Å². The number of nitrogens with zero attached hydrogens (tertiary/aromatic N) is 1. The van der Waals surface area contributed by atoms with Crippen molar-refractivity contribution in [2.24, 2.45) is 0 Å². The molecule has 21 heavy (non-hydrogen) atoms. The summed E-state index contributed by atoms with van der Waals surface area (Å²) >= 11 is 0. The van der Waals surface area contributed by atoms with Gasteiger partial charge in [-0.15, -0.1) is 0 Å².